The number of hydrogen-bond donors (Lipinski definition) is 1. The highest BCUT2D eigenvalue weighted by Gasteiger charge is 2.11. The largest absolute Gasteiger partial charge is 0.484 e. The lowest BCUT2D eigenvalue weighted by Gasteiger charge is -2.14. The van der Waals surface area contributed by atoms with Crippen LogP contribution in [0.2, 0.25) is 0 Å². The first-order valence-electron chi connectivity index (χ1n) is 7.53. The number of hydrogen-bond acceptors (Lipinski definition) is 3. The zero-order valence-electron chi connectivity index (χ0n) is 13.6. The molecule has 0 aliphatic carbocycles. The molecule has 0 radical (unpaired) electrons. The molecule has 0 saturated heterocycles. The molecule has 1 aromatic carbocycles. The molecular weight excluding hydrogens is 294 g/mol. The zero-order chi connectivity index (χ0) is 16.1. The molecule has 0 fully saturated rings. The molecular formula is C18H23NO2S. The fourth-order valence-electron chi connectivity index (χ4n) is 2.43. The summed E-state index contributed by atoms with van der Waals surface area (Å²) in [4.78, 5) is 13.1. The van der Waals surface area contributed by atoms with Crippen LogP contribution in [0.4, 0.5) is 0 Å². The Bertz CT molecular complexity index is 620. The third kappa shape index (κ3) is 4.34. The van der Waals surface area contributed by atoms with Gasteiger partial charge in [0.1, 0.15) is 5.75 Å². The fourth-order valence-corrected chi connectivity index (χ4v) is 3.16. The Hall–Kier alpha value is -1.81. The fraction of sp³-hybridized carbons (Fsp3) is 0.389. The van der Waals surface area contributed by atoms with Crippen LogP contribution in [0, 0.1) is 6.92 Å². The maximum Gasteiger partial charge on any atom is 0.258 e. The van der Waals surface area contributed by atoms with Crippen LogP contribution in [0.1, 0.15) is 48.7 Å². The second kappa shape index (κ2) is 7.45. The SMILES string of the molecule is Cc1cc(OCC(=O)NC(C)c2cccs2)ccc1C(C)C. The topological polar surface area (TPSA) is 38.3 Å². The number of benzene rings is 1. The minimum atomic E-state index is -0.105. The van der Waals surface area contributed by atoms with Gasteiger partial charge in [-0.2, -0.15) is 0 Å². The van der Waals surface area contributed by atoms with Gasteiger partial charge in [-0.15, -0.1) is 11.3 Å². The second-order valence-corrected chi connectivity index (χ2v) is 6.75. The quantitative estimate of drug-likeness (QED) is 0.855. The van der Waals surface area contributed by atoms with E-state index in [1.54, 1.807) is 11.3 Å². The van der Waals surface area contributed by atoms with Gasteiger partial charge in [-0.1, -0.05) is 26.0 Å². The van der Waals surface area contributed by atoms with Crippen LogP contribution in [-0.2, 0) is 4.79 Å². The van der Waals surface area contributed by atoms with Gasteiger partial charge in [-0.25, -0.2) is 0 Å². The lowest BCUT2D eigenvalue weighted by Crippen LogP contribution is -2.30. The van der Waals surface area contributed by atoms with Crippen molar-refractivity contribution in [3.8, 4) is 5.75 Å². The molecule has 4 heteroatoms. The van der Waals surface area contributed by atoms with E-state index in [9.17, 15) is 4.79 Å². The first-order valence-corrected chi connectivity index (χ1v) is 8.41. The van der Waals surface area contributed by atoms with E-state index in [-0.39, 0.29) is 18.6 Å². The van der Waals surface area contributed by atoms with Gasteiger partial charge in [0.25, 0.3) is 5.91 Å². The maximum absolute atomic E-state index is 12.0. The number of amides is 1. The van der Waals surface area contributed by atoms with E-state index >= 15 is 0 Å². The van der Waals surface area contributed by atoms with Crippen molar-refractivity contribution in [3.63, 3.8) is 0 Å². The Morgan fingerprint density at radius 1 is 1.27 bits per heavy atom. The summed E-state index contributed by atoms with van der Waals surface area (Å²) in [7, 11) is 0. The Morgan fingerprint density at radius 2 is 2.05 bits per heavy atom. The third-order valence-electron chi connectivity index (χ3n) is 3.58. The second-order valence-electron chi connectivity index (χ2n) is 5.77. The number of nitrogens with one attached hydrogen (secondary N) is 1. The van der Waals surface area contributed by atoms with E-state index in [0.29, 0.717) is 5.92 Å². The minimum absolute atomic E-state index is 0.0150. The predicted octanol–water partition coefficient (Wildman–Crippen LogP) is 4.44. The normalized spacial score (nSPS) is 12.2. The third-order valence-corrected chi connectivity index (χ3v) is 4.64. The van der Waals surface area contributed by atoms with E-state index in [4.69, 9.17) is 4.74 Å². The van der Waals surface area contributed by atoms with Gasteiger partial charge in [0.05, 0.1) is 6.04 Å². The molecule has 0 aliphatic rings. The van der Waals surface area contributed by atoms with E-state index in [1.807, 2.05) is 36.6 Å². The predicted molar refractivity (Wildman–Crippen MR) is 91.6 cm³/mol. The van der Waals surface area contributed by atoms with E-state index in [2.05, 4.69) is 32.2 Å². The van der Waals surface area contributed by atoms with Crippen LogP contribution in [0.3, 0.4) is 0 Å². The summed E-state index contributed by atoms with van der Waals surface area (Å²) in [6.07, 6.45) is 0. The molecule has 3 nitrogen and oxygen atoms in total. The lowest BCUT2D eigenvalue weighted by molar-refractivity contribution is -0.123. The molecule has 1 atom stereocenters. The summed E-state index contributed by atoms with van der Waals surface area (Å²) in [6, 6.07) is 10.0. The van der Waals surface area contributed by atoms with Crippen molar-refractivity contribution in [3.05, 3.63) is 51.7 Å². The monoisotopic (exact) mass is 317 g/mol. The van der Waals surface area contributed by atoms with Crippen LogP contribution < -0.4 is 10.1 Å². The first kappa shape index (κ1) is 16.6. The maximum atomic E-state index is 12.0. The van der Waals surface area contributed by atoms with Crippen molar-refractivity contribution in [1.82, 2.24) is 5.32 Å². The Morgan fingerprint density at radius 3 is 2.64 bits per heavy atom. The molecule has 0 aliphatic heterocycles. The molecule has 2 rings (SSSR count). The van der Waals surface area contributed by atoms with Crippen LogP contribution in [-0.4, -0.2) is 12.5 Å². The number of rotatable bonds is 6. The smallest absolute Gasteiger partial charge is 0.258 e. The summed E-state index contributed by atoms with van der Waals surface area (Å²) in [5.41, 5.74) is 2.50. The van der Waals surface area contributed by atoms with Crippen LogP contribution in [0.5, 0.6) is 5.75 Å². The van der Waals surface area contributed by atoms with Gasteiger partial charge in [-0.05, 0) is 54.5 Å². The van der Waals surface area contributed by atoms with Gasteiger partial charge in [-0.3, -0.25) is 4.79 Å². The molecule has 1 N–H and O–H groups in total. The molecule has 0 bridgehead atoms. The van der Waals surface area contributed by atoms with Crippen molar-refractivity contribution in [2.24, 2.45) is 0 Å². The molecule has 0 spiro atoms. The lowest BCUT2D eigenvalue weighted by atomic mass is 9.98. The van der Waals surface area contributed by atoms with Gasteiger partial charge in [0, 0.05) is 4.88 Å². The van der Waals surface area contributed by atoms with Crippen LogP contribution in [0.15, 0.2) is 35.7 Å². The molecule has 118 valence electrons. The van der Waals surface area contributed by atoms with Crippen molar-refractivity contribution >= 4 is 17.2 Å². The van der Waals surface area contributed by atoms with Gasteiger partial charge >= 0.3 is 0 Å². The first-order chi connectivity index (χ1) is 10.5. The van der Waals surface area contributed by atoms with Crippen molar-refractivity contribution in [1.29, 1.82) is 0 Å². The van der Waals surface area contributed by atoms with Crippen LogP contribution >= 0.6 is 11.3 Å². The van der Waals surface area contributed by atoms with E-state index in [0.717, 1.165) is 10.6 Å². The summed E-state index contributed by atoms with van der Waals surface area (Å²) < 4.78 is 5.59. The molecule has 22 heavy (non-hydrogen) atoms. The van der Waals surface area contributed by atoms with E-state index in [1.165, 1.54) is 11.1 Å². The number of carbonyl (C=O) groups is 1. The van der Waals surface area contributed by atoms with Gasteiger partial charge < -0.3 is 10.1 Å². The highest BCUT2D eigenvalue weighted by Crippen LogP contribution is 2.23. The standard InChI is InChI=1S/C18H23NO2S/c1-12(2)16-8-7-15(10-13(16)3)21-11-18(20)19-14(4)17-6-5-9-22-17/h5-10,12,14H,11H2,1-4H3,(H,19,20). The summed E-state index contributed by atoms with van der Waals surface area (Å²) in [5.74, 6) is 1.12. The number of ether oxygens (including phenoxy) is 1. The number of carbonyl (C=O) groups excluding carboxylic acids is 1. The number of thiophene rings is 1. The molecule has 0 saturated carbocycles. The molecule has 1 aromatic heterocycles. The summed E-state index contributed by atoms with van der Waals surface area (Å²) in [6.45, 7) is 8.42. The van der Waals surface area contributed by atoms with E-state index < -0.39 is 0 Å². The Labute approximate surface area is 136 Å². The van der Waals surface area contributed by atoms with Crippen molar-refractivity contribution in [2.75, 3.05) is 6.61 Å². The molecule has 1 amide bonds. The molecule has 1 heterocycles. The summed E-state index contributed by atoms with van der Waals surface area (Å²) in [5, 5.41) is 4.95. The van der Waals surface area contributed by atoms with Gasteiger partial charge in [0.15, 0.2) is 6.61 Å². The highest BCUT2D eigenvalue weighted by atomic mass is 32.1. The molecule has 1 unspecified atom stereocenters. The van der Waals surface area contributed by atoms with Gasteiger partial charge in [0.2, 0.25) is 0 Å². The Balaban J connectivity index is 1.87. The highest BCUT2D eigenvalue weighted by molar-refractivity contribution is 7.10. The van der Waals surface area contributed by atoms with Crippen molar-refractivity contribution in [2.45, 2.75) is 39.7 Å². The average molecular weight is 317 g/mol. The van der Waals surface area contributed by atoms with Crippen LogP contribution in [0.25, 0.3) is 0 Å². The summed E-state index contributed by atoms with van der Waals surface area (Å²) >= 11 is 1.64. The minimum Gasteiger partial charge on any atom is -0.484 e. The van der Waals surface area contributed by atoms with Crippen molar-refractivity contribution < 1.29 is 9.53 Å². The average Bonchev–Trinajstić information content (AvgIpc) is 2.99. The zero-order valence-corrected chi connectivity index (χ0v) is 14.4. The Kier molecular flexibility index (Phi) is 5.61. The molecule has 2 aromatic rings. The number of aryl methyl sites for hydroxylation is 1.